The Bertz CT molecular complexity index is 1060. The van der Waals surface area contributed by atoms with Crippen molar-refractivity contribution in [1.29, 1.82) is 0 Å². The average Bonchev–Trinajstić information content (AvgIpc) is 3.43. The number of piperidine rings is 1. The third-order valence-corrected chi connectivity index (χ3v) is 7.91. The molecule has 0 saturated carbocycles. The molecule has 2 atom stereocenters. The molecule has 0 bridgehead atoms. The summed E-state index contributed by atoms with van der Waals surface area (Å²) in [6.45, 7) is 11.7. The number of nitrogens with zero attached hydrogens (tertiary/aromatic N) is 1. The lowest BCUT2D eigenvalue weighted by Crippen LogP contribution is -2.46. The molecule has 2 unspecified atom stereocenters. The van der Waals surface area contributed by atoms with E-state index in [4.69, 9.17) is 18.9 Å². The van der Waals surface area contributed by atoms with Crippen LogP contribution in [0.4, 0.5) is 5.69 Å². The molecule has 0 amide bonds. The summed E-state index contributed by atoms with van der Waals surface area (Å²) < 4.78 is 23.1. The minimum absolute atomic E-state index is 0.169. The van der Waals surface area contributed by atoms with Crippen LogP contribution < -0.4 is 14.8 Å². The van der Waals surface area contributed by atoms with Gasteiger partial charge in [-0.1, -0.05) is 26.0 Å². The van der Waals surface area contributed by atoms with Crippen molar-refractivity contribution in [2.24, 2.45) is 0 Å². The fourth-order valence-electron chi connectivity index (χ4n) is 5.41. The predicted octanol–water partition coefficient (Wildman–Crippen LogP) is 6.79. The minimum atomic E-state index is -0.314. The van der Waals surface area contributed by atoms with Crippen molar-refractivity contribution in [3.8, 4) is 11.5 Å². The van der Waals surface area contributed by atoms with Crippen molar-refractivity contribution >= 4 is 5.69 Å². The highest BCUT2D eigenvalue weighted by Crippen LogP contribution is 2.32. The number of hydrogen-bond donors (Lipinski definition) is 1. The van der Waals surface area contributed by atoms with Gasteiger partial charge in [-0.05, 0) is 85.7 Å². The van der Waals surface area contributed by atoms with Crippen LogP contribution in [-0.2, 0) is 9.47 Å². The second-order valence-corrected chi connectivity index (χ2v) is 10.6. The van der Waals surface area contributed by atoms with E-state index in [2.05, 4.69) is 91.3 Å². The Kier molecular flexibility index (Phi) is 10.9. The van der Waals surface area contributed by atoms with Gasteiger partial charge in [-0.15, -0.1) is 5.73 Å². The lowest BCUT2D eigenvalue weighted by Gasteiger charge is -2.37. The van der Waals surface area contributed by atoms with Gasteiger partial charge in [0.1, 0.15) is 18.1 Å². The quantitative estimate of drug-likeness (QED) is 0.286. The van der Waals surface area contributed by atoms with Gasteiger partial charge in [-0.3, -0.25) is 4.90 Å². The van der Waals surface area contributed by atoms with Crippen LogP contribution in [0.3, 0.4) is 0 Å². The van der Waals surface area contributed by atoms with E-state index in [1.807, 2.05) is 0 Å². The van der Waals surface area contributed by atoms with Crippen LogP contribution in [-0.4, -0.2) is 63.3 Å². The smallest absolute Gasteiger partial charge is 0.170 e. The zero-order valence-corrected chi connectivity index (χ0v) is 24.2. The molecule has 0 aliphatic carbocycles. The molecule has 2 fully saturated rings. The number of ether oxygens (including phenoxy) is 4. The van der Waals surface area contributed by atoms with E-state index in [0.29, 0.717) is 12.5 Å². The molecular formula is C33H46N2O4. The van der Waals surface area contributed by atoms with Crippen LogP contribution >= 0.6 is 0 Å². The highest BCUT2D eigenvalue weighted by Gasteiger charge is 2.39. The van der Waals surface area contributed by atoms with E-state index in [9.17, 15) is 0 Å². The Balaban J connectivity index is 1.27. The van der Waals surface area contributed by atoms with Crippen molar-refractivity contribution in [3.05, 3.63) is 71.5 Å². The largest absolute Gasteiger partial charge is 0.497 e. The number of hydrogen-bond acceptors (Lipinski definition) is 6. The van der Waals surface area contributed by atoms with Crippen molar-refractivity contribution in [1.82, 2.24) is 4.90 Å². The molecule has 1 spiro atoms. The summed E-state index contributed by atoms with van der Waals surface area (Å²) >= 11 is 0. The summed E-state index contributed by atoms with van der Waals surface area (Å²) in [6, 6.07) is 17.0. The molecule has 6 nitrogen and oxygen atoms in total. The number of methoxy groups -OCH3 is 1. The van der Waals surface area contributed by atoms with E-state index in [-0.39, 0.29) is 11.8 Å². The zero-order chi connectivity index (χ0) is 27.5. The number of likely N-dealkylation sites (tertiary alicyclic amines) is 1. The van der Waals surface area contributed by atoms with Crippen LogP contribution in [0.15, 0.2) is 65.9 Å². The summed E-state index contributed by atoms with van der Waals surface area (Å²) in [5.41, 5.74) is 7.30. The molecule has 212 valence electrons. The van der Waals surface area contributed by atoms with Crippen molar-refractivity contribution in [2.75, 3.05) is 51.9 Å². The lowest BCUT2D eigenvalue weighted by molar-refractivity contribution is -0.185. The molecule has 2 heterocycles. The summed E-state index contributed by atoms with van der Waals surface area (Å²) in [6.07, 6.45) is 7.03. The van der Waals surface area contributed by atoms with Gasteiger partial charge in [0.15, 0.2) is 5.79 Å². The van der Waals surface area contributed by atoms with E-state index >= 15 is 0 Å². The van der Waals surface area contributed by atoms with Gasteiger partial charge in [0, 0.05) is 38.2 Å². The van der Waals surface area contributed by atoms with Gasteiger partial charge in [-0.25, -0.2) is 0 Å². The van der Waals surface area contributed by atoms with Crippen LogP contribution in [0.2, 0.25) is 0 Å². The van der Waals surface area contributed by atoms with Gasteiger partial charge < -0.3 is 24.3 Å². The molecule has 4 rings (SSSR count). The van der Waals surface area contributed by atoms with Gasteiger partial charge >= 0.3 is 0 Å². The van der Waals surface area contributed by atoms with Crippen molar-refractivity contribution in [2.45, 2.75) is 70.6 Å². The maximum Gasteiger partial charge on any atom is 0.170 e. The third kappa shape index (κ3) is 8.36. The van der Waals surface area contributed by atoms with E-state index in [1.165, 1.54) is 11.1 Å². The molecule has 2 aliphatic heterocycles. The monoisotopic (exact) mass is 534 g/mol. The summed E-state index contributed by atoms with van der Waals surface area (Å²) in [5.74, 6) is 1.92. The van der Waals surface area contributed by atoms with Gasteiger partial charge in [0.2, 0.25) is 0 Å². The first-order chi connectivity index (χ1) is 19.0. The fraction of sp³-hybridized carbons (Fsp3) is 0.545. The summed E-state index contributed by atoms with van der Waals surface area (Å²) in [4.78, 5) is 2.43. The van der Waals surface area contributed by atoms with E-state index < -0.39 is 0 Å². The molecule has 39 heavy (non-hydrogen) atoms. The number of benzene rings is 2. The van der Waals surface area contributed by atoms with Crippen molar-refractivity contribution in [3.63, 3.8) is 0 Å². The number of anilines is 1. The predicted molar refractivity (Wildman–Crippen MR) is 158 cm³/mol. The molecule has 2 aromatic carbocycles. The Morgan fingerprint density at radius 2 is 1.69 bits per heavy atom. The second-order valence-electron chi connectivity index (χ2n) is 10.6. The molecule has 2 aromatic rings. The van der Waals surface area contributed by atoms with E-state index in [0.717, 1.165) is 82.1 Å². The molecular weight excluding hydrogens is 488 g/mol. The molecule has 2 saturated heterocycles. The van der Waals surface area contributed by atoms with Crippen LogP contribution in [0.1, 0.15) is 64.4 Å². The highest BCUT2D eigenvalue weighted by molar-refractivity contribution is 5.48. The van der Waals surface area contributed by atoms with Crippen LogP contribution in [0.25, 0.3) is 0 Å². The summed E-state index contributed by atoms with van der Waals surface area (Å²) in [5, 5.41) is 3.68. The Labute approximate surface area is 235 Å². The van der Waals surface area contributed by atoms with Crippen LogP contribution in [0, 0.1) is 0 Å². The first-order valence-corrected chi connectivity index (χ1v) is 14.6. The average molecular weight is 535 g/mol. The van der Waals surface area contributed by atoms with Crippen LogP contribution in [0.5, 0.6) is 11.5 Å². The SMILES string of the molecule is CCC=C=C(CC(CC)c1ccc(OC)cc1)C(C)Nc1ccc(OCCN2CCC3(CC2)OCCO3)cc1. The fourth-order valence-corrected chi connectivity index (χ4v) is 5.41. The highest BCUT2D eigenvalue weighted by atomic mass is 16.7. The van der Waals surface area contributed by atoms with Gasteiger partial charge in [0.05, 0.1) is 26.4 Å². The second kappa shape index (κ2) is 14.6. The molecule has 0 radical (unpaired) electrons. The normalized spacial score (nSPS) is 18.3. The van der Waals surface area contributed by atoms with E-state index in [1.54, 1.807) is 7.11 Å². The topological polar surface area (TPSA) is 52.2 Å². The lowest BCUT2D eigenvalue weighted by atomic mass is 9.87. The Morgan fingerprint density at radius 3 is 2.31 bits per heavy atom. The first kappa shape index (κ1) is 29.2. The maximum atomic E-state index is 6.06. The Morgan fingerprint density at radius 1 is 1.03 bits per heavy atom. The molecule has 0 aromatic heterocycles. The standard InChI is InChI=1S/C33H46N2O4/c1-5-7-8-29(25-27(6-2)28-9-13-31(36-4)14-10-28)26(3)34-30-11-15-32(16-12-30)37-22-21-35-19-17-33(18-20-35)38-23-24-39-33/h7,9-16,26-27,34H,5-6,17-25H2,1-4H3. The maximum absolute atomic E-state index is 6.06. The molecule has 2 aliphatic rings. The van der Waals surface area contributed by atoms with Crippen molar-refractivity contribution < 1.29 is 18.9 Å². The van der Waals surface area contributed by atoms with Gasteiger partial charge in [0.25, 0.3) is 0 Å². The molecule has 1 N–H and O–H groups in total. The minimum Gasteiger partial charge on any atom is -0.497 e. The first-order valence-electron chi connectivity index (χ1n) is 14.6. The number of nitrogens with one attached hydrogen (secondary N) is 1. The Hall–Kier alpha value is -2.76. The third-order valence-electron chi connectivity index (χ3n) is 7.91. The molecule has 6 heteroatoms. The summed E-state index contributed by atoms with van der Waals surface area (Å²) in [7, 11) is 1.71. The number of rotatable bonds is 13. The zero-order valence-electron chi connectivity index (χ0n) is 24.2. The van der Waals surface area contributed by atoms with Gasteiger partial charge in [-0.2, -0.15) is 0 Å².